The van der Waals surface area contributed by atoms with Crippen LogP contribution in [-0.4, -0.2) is 62.5 Å². The number of carbonyl (C=O) groups excluding carboxylic acids is 4. The molecule has 0 aliphatic carbocycles. The molecule has 0 unspecified atom stereocenters. The molecule has 9 heteroatoms. The van der Waals surface area contributed by atoms with Crippen molar-refractivity contribution in [3.63, 3.8) is 0 Å². The zero-order valence-corrected chi connectivity index (χ0v) is 27.6. The Morgan fingerprint density at radius 1 is 0.489 bits per heavy atom. The molecule has 0 aliphatic rings. The third-order valence-electron chi connectivity index (χ3n) is 6.13. The summed E-state index contributed by atoms with van der Waals surface area (Å²) in [6.07, 6.45) is 5.94. The molecule has 0 atom stereocenters. The van der Waals surface area contributed by atoms with Crippen LogP contribution in [0.4, 0.5) is 0 Å². The molecule has 0 bridgehead atoms. The van der Waals surface area contributed by atoms with E-state index in [1.165, 1.54) is 26.7 Å². The Labute approximate surface area is 288 Å². The minimum absolute atomic E-state index is 0. The van der Waals surface area contributed by atoms with Crippen molar-refractivity contribution in [3.8, 4) is 11.5 Å². The fraction of sp³-hybridized carbons (Fsp3) is 0.0526. The summed E-state index contributed by atoms with van der Waals surface area (Å²) in [6.45, 7) is 3.03. The molecule has 2 aromatic heterocycles. The zero-order valence-electron chi connectivity index (χ0n) is 26.0. The number of hydrogen-bond donors (Lipinski definition) is 0. The average Bonchev–Trinajstić information content (AvgIpc) is 3.06. The predicted octanol–water partition coefficient (Wildman–Crippen LogP) is 6.04. The topological polar surface area (TPSA) is 157 Å². The van der Waals surface area contributed by atoms with Gasteiger partial charge in [0.05, 0.1) is 33.9 Å². The molecule has 0 saturated heterocycles. The van der Waals surface area contributed by atoms with Gasteiger partial charge in [0.15, 0.2) is 0 Å². The molecule has 0 radical (unpaired) electrons. The first kappa shape index (κ1) is 37.6. The van der Waals surface area contributed by atoms with Gasteiger partial charge in [-0.1, -0.05) is 71.8 Å². The molecule has 0 aliphatic heterocycles. The third kappa shape index (κ3) is 12.8. The van der Waals surface area contributed by atoms with Crippen LogP contribution in [0, 0.1) is 12.8 Å². The Bertz CT molecular complexity index is 1760. The van der Waals surface area contributed by atoms with Gasteiger partial charge in [0.2, 0.25) is 23.1 Å². The smallest absolute Gasteiger partial charge is 0.264 e. The monoisotopic (exact) mass is 666 g/mol. The number of nitrogens with zero attached hydrogens (tertiary/aromatic N) is 2. The second kappa shape index (κ2) is 19.7. The molecule has 47 heavy (non-hydrogen) atoms. The summed E-state index contributed by atoms with van der Waals surface area (Å²) in [5, 5.41) is 16.9. The fourth-order valence-electron chi connectivity index (χ4n) is 3.97. The van der Waals surface area contributed by atoms with Crippen molar-refractivity contribution in [1.29, 1.82) is 0 Å². The number of fused-ring (bicyclic) bond motifs is 2. The molecular formula is C38H38N2O6Ti+4. The van der Waals surface area contributed by atoms with Gasteiger partial charge in [-0.2, -0.15) is 0 Å². The van der Waals surface area contributed by atoms with E-state index in [-0.39, 0.29) is 44.9 Å². The molecule has 6 rings (SSSR count). The molecule has 8 N–H and O–H groups in total. The summed E-state index contributed by atoms with van der Waals surface area (Å²) in [7, 11) is 0. The Kier molecular flexibility index (Phi) is 15.8. The number of ketones is 4. The quantitative estimate of drug-likeness (QED) is 0.0699. The number of hydrogen-bond acceptors (Lipinski definition) is 2. The minimum atomic E-state index is 0. The van der Waals surface area contributed by atoms with E-state index in [2.05, 4.69) is 9.97 Å². The van der Waals surface area contributed by atoms with Crippen molar-refractivity contribution < 1.29 is 51.1 Å². The molecule has 4 aromatic carbocycles. The standard InChI is InChI=1S/2C10H9O2.2C9H7NO.Ti/c2*1-8(11)7-10(12)9-5-3-2-4-6-9;2*11-9-5-6-10-8-4-2-1-3-7(8)9;/h2*2-7H,1H3;2*1-6H,(H,10,11);/q2*-1;;;/p+6. The normalized spacial score (nSPS) is 9.40. The molecular weight excluding hydrogens is 628 g/mol. The maximum atomic E-state index is 9.37. The summed E-state index contributed by atoms with van der Waals surface area (Å²) in [5.74, 6) is 1.42. The van der Waals surface area contributed by atoms with Crippen LogP contribution < -0.4 is 0 Å². The number of benzene rings is 4. The second-order valence-corrected chi connectivity index (χ2v) is 9.83. The van der Waals surface area contributed by atoms with Crippen molar-refractivity contribution in [3.05, 3.63) is 158 Å². The number of para-hydroxylation sites is 2. The molecule has 0 saturated carbocycles. The van der Waals surface area contributed by atoms with Crippen molar-refractivity contribution in [2.45, 2.75) is 13.8 Å². The Morgan fingerprint density at radius 3 is 1.13 bits per heavy atom. The van der Waals surface area contributed by atoms with Gasteiger partial charge in [-0.25, -0.2) is 0 Å². The van der Waals surface area contributed by atoms with Gasteiger partial charge in [0.1, 0.15) is 0 Å². The van der Waals surface area contributed by atoms with E-state index in [9.17, 15) is 9.59 Å². The first-order chi connectivity index (χ1) is 22.2. The van der Waals surface area contributed by atoms with E-state index in [1.54, 1.807) is 48.8 Å². The van der Waals surface area contributed by atoms with Crippen LogP contribution in [0.15, 0.2) is 134 Å². The summed E-state index contributed by atoms with van der Waals surface area (Å²) in [6, 6.07) is 36.8. The van der Waals surface area contributed by atoms with E-state index in [1.807, 2.05) is 84.9 Å². The van der Waals surface area contributed by atoms with Crippen LogP contribution in [0.5, 0.6) is 11.5 Å². The average molecular weight is 667 g/mol. The predicted molar refractivity (Wildman–Crippen MR) is 188 cm³/mol. The minimum Gasteiger partial charge on any atom is -0.593 e. The Hall–Kier alpha value is -5.57. The molecule has 2 heterocycles. The number of pyridine rings is 2. The first-order valence-electron chi connectivity index (χ1n) is 14.2. The summed E-state index contributed by atoms with van der Waals surface area (Å²) < 4.78 is 0. The zero-order chi connectivity index (χ0) is 33.3. The number of aromatic nitrogens is 2. The van der Waals surface area contributed by atoms with Crippen LogP contribution in [-0.2, 0) is 21.7 Å². The molecule has 236 valence electrons. The molecule has 0 fully saturated rings. The van der Waals surface area contributed by atoms with Gasteiger partial charge >= 0.3 is 0 Å². The van der Waals surface area contributed by atoms with Crippen molar-refractivity contribution in [2.24, 2.45) is 0 Å². The molecule has 0 amide bonds. The van der Waals surface area contributed by atoms with Crippen LogP contribution in [0.3, 0.4) is 0 Å². The molecule has 6 aromatic rings. The van der Waals surface area contributed by atoms with Crippen molar-refractivity contribution in [2.75, 3.05) is 0 Å². The largest absolute Gasteiger partial charge is 0.593 e. The van der Waals surface area contributed by atoms with E-state index in [4.69, 9.17) is 19.8 Å². The third-order valence-corrected chi connectivity index (χ3v) is 6.13. The van der Waals surface area contributed by atoms with Crippen molar-refractivity contribution in [1.82, 2.24) is 9.97 Å². The summed E-state index contributed by atoms with van der Waals surface area (Å²) in [4.78, 5) is 44.7. The summed E-state index contributed by atoms with van der Waals surface area (Å²) in [5.41, 5.74) is 3.18. The van der Waals surface area contributed by atoms with E-state index < -0.39 is 0 Å². The number of rotatable bonds is 6. The van der Waals surface area contributed by atoms with E-state index >= 15 is 0 Å². The molecule has 8 nitrogen and oxygen atoms in total. The van der Waals surface area contributed by atoms with Crippen molar-refractivity contribution >= 4 is 44.9 Å². The van der Waals surface area contributed by atoms with Gasteiger partial charge in [-0.15, -0.1) is 24.3 Å². The Balaban J connectivity index is 0.000000216. The fourth-order valence-corrected chi connectivity index (χ4v) is 3.97. The van der Waals surface area contributed by atoms with Crippen LogP contribution in [0.1, 0.15) is 25.0 Å². The molecule has 0 spiro atoms. The second-order valence-electron chi connectivity index (χ2n) is 9.83. The van der Waals surface area contributed by atoms with Crippen LogP contribution in [0.25, 0.3) is 21.8 Å². The van der Waals surface area contributed by atoms with Crippen LogP contribution in [0.2, 0.25) is 0 Å². The van der Waals surface area contributed by atoms with Gasteiger partial charge in [-0.3, -0.25) is 19.6 Å². The van der Waals surface area contributed by atoms with E-state index in [0.717, 1.165) is 21.8 Å². The maximum absolute atomic E-state index is 9.37. The maximum Gasteiger partial charge on any atom is 0.264 e. The first-order valence-corrected chi connectivity index (χ1v) is 14.2. The van der Waals surface area contributed by atoms with Gasteiger partial charge in [-0.05, 0) is 37.1 Å². The van der Waals surface area contributed by atoms with Gasteiger partial charge < -0.3 is 19.8 Å². The van der Waals surface area contributed by atoms with E-state index in [0.29, 0.717) is 22.6 Å². The summed E-state index contributed by atoms with van der Waals surface area (Å²) >= 11 is 0. The van der Waals surface area contributed by atoms with Gasteiger partial charge in [0.25, 0.3) is 11.5 Å². The SMILES string of the molecule is CC(=[OH+])[CH-]C(=[OH+])c1ccccc1.CC(=[OH+])[CH-]C(=[OH+])c1ccccc1.[OH2+]c1ccnc2ccccc12.[OH2+]c1ccnc2ccccc12.[Ti]. The Morgan fingerprint density at radius 2 is 0.809 bits per heavy atom. The van der Waals surface area contributed by atoms with Crippen LogP contribution >= 0.6 is 0 Å². The van der Waals surface area contributed by atoms with Gasteiger partial charge in [0, 0.05) is 48.0 Å².